The van der Waals surface area contributed by atoms with Gasteiger partial charge in [0.25, 0.3) is 0 Å². The van der Waals surface area contributed by atoms with E-state index >= 15 is 0 Å². The Morgan fingerprint density at radius 3 is 2.67 bits per heavy atom. The third-order valence-corrected chi connectivity index (χ3v) is 4.78. The van der Waals surface area contributed by atoms with Gasteiger partial charge in [-0.1, -0.05) is 30.3 Å². The normalized spacial score (nSPS) is 35.6. The summed E-state index contributed by atoms with van der Waals surface area (Å²) in [5.74, 6) is -0.713. The van der Waals surface area contributed by atoms with Crippen LogP contribution in [0.5, 0.6) is 0 Å². The van der Waals surface area contributed by atoms with Crippen LogP contribution in [-0.4, -0.2) is 35.1 Å². The first kappa shape index (κ1) is 11.7. The molecule has 4 atom stereocenters. The number of hydrogen-bond donors (Lipinski definition) is 1. The Labute approximate surface area is 107 Å². The molecule has 18 heavy (non-hydrogen) atoms. The lowest BCUT2D eigenvalue weighted by molar-refractivity contribution is -0.146. The van der Waals surface area contributed by atoms with Crippen molar-refractivity contribution in [2.75, 3.05) is 7.05 Å². The predicted molar refractivity (Wildman–Crippen MR) is 69.5 cm³/mol. The van der Waals surface area contributed by atoms with Crippen LogP contribution in [0.25, 0.3) is 0 Å². The fraction of sp³-hybridized carbons (Fsp3) is 0.533. The molecule has 3 heteroatoms. The number of aliphatic carboxylic acids is 1. The molecule has 0 aromatic heterocycles. The number of piperidine rings is 1. The van der Waals surface area contributed by atoms with Crippen LogP contribution in [0.3, 0.4) is 0 Å². The number of benzene rings is 1. The van der Waals surface area contributed by atoms with E-state index in [0.29, 0.717) is 6.04 Å². The Balaban J connectivity index is 1.96. The van der Waals surface area contributed by atoms with Crippen molar-refractivity contribution in [1.29, 1.82) is 0 Å². The number of hydrogen-bond acceptors (Lipinski definition) is 2. The zero-order valence-corrected chi connectivity index (χ0v) is 10.6. The SMILES string of the molecule is CN1[C@H]2CC[C@@H]1[C@@H](C(=O)O)[C@@H](c1ccccc1)C2. The van der Waals surface area contributed by atoms with Crippen LogP contribution in [0.2, 0.25) is 0 Å². The molecule has 2 aliphatic rings. The molecule has 1 aromatic rings. The van der Waals surface area contributed by atoms with Gasteiger partial charge in [0, 0.05) is 18.0 Å². The molecule has 1 aromatic carbocycles. The molecule has 3 rings (SSSR count). The predicted octanol–water partition coefficient (Wildman–Crippen LogP) is 2.34. The topological polar surface area (TPSA) is 40.5 Å². The van der Waals surface area contributed by atoms with Gasteiger partial charge in [-0.25, -0.2) is 0 Å². The molecule has 0 unspecified atom stereocenters. The highest BCUT2D eigenvalue weighted by atomic mass is 16.4. The van der Waals surface area contributed by atoms with Crippen molar-refractivity contribution >= 4 is 5.97 Å². The number of carboxylic acids is 1. The number of fused-ring (bicyclic) bond motifs is 2. The summed E-state index contributed by atoms with van der Waals surface area (Å²) in [6.45, 7) is 0. The molecule has 2 saturated heterocycles. The molecular formula is C15H19NO2. The van der Waals surface area contributed by atoms with Gasteiger partial charge in [-0.3, -0.25) is 9.69 Å². The fourth-order valence-electron chi connectivity index (χ4n) is 3.85. The summed E-state index contributed by atoms with van der Waals surface area (Å²) in [5, 5.41) is 9.58. The molecule has 0 aliphatic carbocycles. The average molecular weight is 245 g/mol. The lowest BCUT2D eigenvalue weighted by atomic mass is 9.76. The molecule has 0 spiro atoms. The molecule has 0 radical (unpaired) electrons. The maximum absolute atomic E-state index is 11.6. The summed E-state index contributed by atoms with van der Waals surface area (Å²) in [6.07, 6.45) is 3.16. The third-order valence-electron chi connectivity index (χ3n) is 4.78. The van der Waals surface area contributed by atoms with Crippen molar-refractivity contribution < 1.29 is 9.90 Å². The van der Waals surface area contributed by atoms with Crippen LogP contribution in [-0.2, 0) is 4.79 Å². The summed E-state index contributed by atoms with van der Waals surface area (Å²) < 4.78 is 0. The summed E-state index contributed by atoms with van der Waals surface area (Å²) >= 11 is 0. The van der Waals surface area contributed by atoms with Gasteiger partial charge in [0.1, 0.15) is 0 Å². The van der Waals surface area contributed by atoms with Gasteiger partial charge in [0.2, 0.25) is 0 Å². The van der Waals surface area contributed by atoms with Crippen LogP contribution >= 0.6 is 0 Å². The van der Waals surface area contributed by atoms with E-state index in [1.165, 1.54) is 5.56 Å². The average Bonchev–Trinajstić information content (AvgIpc) is 2.63. The van der Waals surface area contributed by atoms with Crippen molar-refractivity contribution in [3.05, 3.63) is 35.9 Å². The second kappa shape index (κ2) is 4.39. The Bertz CT molecular complexity index is 445. The fourth-order valence-corrected chi connectivity index (χ4v) is 3.85. The maximum Gasteiger partial charge on any atom is 0.308 e. The van der Waals surface area contributed by atoms with Gasteiger partial charge in [-0.05, 0) is 31.9 Å². The summed E-state index contributed by atoms with van der Waals surface area (Å²) in [7, 11) is 2.08. The molecule has 0 amide bonds. The molecule has 2 fully saturated rings. The minimum absolute atomic E-state index is 0.178. The van der Waals surface area contributed by atoms with Gasteiger partial charge in [0.15, 0.2) is 0 Å². The van der Waals surface area contributed by atoms with Crippen molar-refractivity contribution in [1.82, 2.24) is 4.90 Å². The van der Waals surface area contributed by atoms with Crippen molar-refractivity contribution in [3.63, 3.8) is 0 Å². The van der Waals surface area contributed by atoms with Gasteiger partial charge < -0.3 is 5.11 Å². The number of nitrogens with zero attached hydrogens (tertiary/aromatic N) is 1. The van der Waals surface area contributed by atoms with Crippen molar-refractivity contribution in [2.45, 2.75) is 37.3 Å². The first-order valence-corrected chi connectivity index (χ1v) is 6.68. The van der Waals surface area contributed by atoms with Gasteiger partial charge in [0.05, 0.1) is 5.92 Å². The number of carboxylic acid groups (broad SMARTS) is 1. The van der Waals surface area contributed by atoms with Gasteiger partial charge in [-0.2, -0.15) is 0 Å². The highest BCUT2D eigenvalue weighted by Crippen LogP contribution is 2.46. The van der Waals surface area contributed by atoms with E-state index < -0.39 is 5.97 Å². The zero-order chi connectivity index (χ0) is 12.7. The minimum atomic E-state index is -0.638. The van der Waals surface area contributed by atoms with E-state index in [4.69, 9.17) is 0 Å². The second-order valence-electron chi connectivity index (χ2n) is 5.58. The molecule has 2 aliphatic heterocycles. The third kappa shape index (κ3) is 1.74. The Morgan fingerprint density at radius 2 is 2.00 bits per heavy atom. The van der Waals surface area contributed by atoms with Crippen LogP contribution in [0, 0.1) is 5.92 Å². The van der Waals surface area contributed by atoms with Crippen LogP contribution in [0.15, 0.2) is 30.3 Å². The second-order valence-corrected chi connectivity index (χ2v) is 5.58. The lowest BCUT2D eigenvalue weighted by Crippen LogP contribution is -2.48. The number of rotatable bonds is 2. The van der Waals surface area contributed by atoms with Crippen LogP contribution in [0.1, 0.15) is 30.7 Å². The van der Waals surface area contributed by atoms with Crippen LogP contribution in [0.4, 0.5) is 0 Å². The summed E-state index contributed by atoms with van der Waals surface area (Å²) in [6, 6.07) is 10.9. The van der Waals surface area contributed by atoms with Gasteiger partial charge in [-0.15, -0.1) is 0 Å². The quantitative estimate of drug-likeness (QED) is 0.869. The minimum Gasteiger partial charge on any atom is -0.481 e. The molecule has 0 saturated carbocycles. The van der Waals surface area contributed by atoms with Crippen molar-refractivity contribution in [3.8, 4) is 0 Å². The van der Waals surface area contributed by atoms with E-state index in [1.807, 2.05) is 18.2 Å². The highest BCUT2D eigenvalue weighted by molar-refractivity contribution is 5.73. The van der Waals surface area contributed by atoms with E-state index in [9.17, 15) is 9.90 Å². The molecule has 3 nitrogen and oxygen atoms in total. The first-order valence-electron chi connectivity index (χ1n) is 6.68. The Kier molecular flexibility index (Phi) is 2.86. The first-order chi connectivity index (χ1) is 8.68. The molecule has 96 valence electrons. The number of carbonyl (C=O) groups is 1. The molecule has 1 N–H and O–H groups in total. The summed E-state index contributed by atoms with van der Waals surface area (Å²) in [4.78, 5) is 13.9. The smallest absolute Gasteiger partial charge is 0.308 e. The van der Waals surface area contributed by atoms with Crippen molar-refractivity contribution in [2.24, 2.45) is 5.92 Å². The van der Waals surface area contributed by atoms with E-state index in [1.54, 1.807) is 0 Å². The standard InChI is InChI=1S/C15H19NO2/c1-16-11-7-8-13(16)14(15(17)18)12(9-11)10-5-3-2-4-6-10/h2-6,11-14H,7-9H2,1H3,(H,17,18)/t11-,12+,13+,14-/m0/s1. The Morgan fingerprint density at radius 1 is 1.28 bits per heavy atom. The van der Waals surface area contributed by atoms with Crippen LogP contribution < -0.4 is 0 Å². The monoisotopic (exact) mass is 245 g/mol. The van der Waals surface area contributed by atoms with E-state index in [2.05, 4.69) is 24.1 Å². The lowest BCUT2D eigenvalue weighted by Gasteiger charge is -2.41. The zero-order valence-electron chi connectivity index (χ0n) is 10.6. The largest absolute Gasteiger partial charge is 0.481 e. The highest BCUT2D eigenvalue weighted by Gasteiger charge is 2.48. The summed E-state index contributed by atoms with van der Waals surface area (Å²) in [5.41, 5.74) is 1.19. The maximum atomic E-state index is 11.6. The Hall–Kier alpha value is -1.35. The van der Waals surface area contributed by atoms with Gasteiger partial charge >= 0.3 is 5.97 Å². The van der Waals surface area contributed by atoms with E-state index in [-0.39, 0.29) is 17.9 Å². The molecule has 2 heterocycles. The van der Waals surface area contributed by atoms with E-state index in [0.717, 1.165) is 19.3 Å². The molecule has 2 bridgehead atoms. The molecular weight excluding hydrogens is 226 g/mol.